The number of carbonyl (C=O) groups excluding carboxylic acids is 3. The van der Waals surface area contributed by atoms with Gasteiger partial charge in [0.15, 0.2) is 0 Å². The van der Waals surface area contributed by atoms with E-state index in [1.165, 1.54) is 19.3 Å². The van der Waals surface area contributed by atoms with Gasteiger partial charge in [-0.2, -0.15) is 0 Å². The Kier molecular flexibility index (Phi) is 4.74. The van der Waals surface area contributed by atoms with Gasteiger partial charge in [0, 0.05) is 5.54 Å². The third-order valence-corrected chi connectivity index (χ3v) is 8.35. The van der Waals surface area contributed by atoms with Gasteiger partial charge in [0.25, 0.3) is 5.91 Å². The first kappa shape index (κ1) is 21.5. The molecule has 32 heavy (non-hydrogen) atoms. The highest BCUT2D eigenvalue weighted by atomic mass is 16.2. The standard InChI is InChI=1S/C26H35N3O3/c1-24(2,3)19-5-7-20(8-6-19)25(4)22(31)29(23(32)28-25)15-21(30)27-26-12-16-9-17(13-26)11-18(10-16)14-26/h5-8,16-18H,9-15H2,1-4H3,(H,27,30)(H,28,32)/t16?,17?,18?,25-,26?/m0/s1. The lowest BCUT2D eigenvalue weighted by atomic mass is 9.53. The van der Waals surface area contributed by atoms with Gasteiger partial charge in [0.2, 0.25) is 5.91 Å². The second kappa shape index (κ2) is 7.06. The van der Waals surface area contributed by atoms with Crippen molar-refractivity contribution in [3.05, 3.63) is 35.4 Å². The monoisotopic (exact) mass is 437 g/mol. The Balaban J connectivity index is 1.28. The van der Waals surface area contributed by atoms with E-state index in [1.807, 2.05) is 24.3 Å². The fourth-order valence-electron chi connectivity index (χ4n) is 7.08. The summed E-state index contributed by atoms with van der Waals surface area (Å²) < 4.78 is 0. The first-order valence-electron chi connectivity index (χ1n) is 12.0. The van der Waals surface area contributed by atoms with Crippen LogP contribution in [-0.4, -0.2) is 34.8 Å². The maximum atomic E-state index is 13.3. The van der Waals surface area contributed by atoms with Crippen molar-refractivity contribution < 1.29 is 14.4 Å². The third-order valence-electron chi connectivity index (χ3n) is 8.35. The average molecular weight is 438 g/mol. The molecule has 1 aromatic rings. The van der Waals surface area contributed by atoms with Crippen molar-refractivity contribution in [1.82, 2.24) is 15.5 Å². The number of nitrogens with zero attached hydrogens (tertiary/aromatic N) is 1. The highest BCUT2D eigenvalue weighted by Crippen LogP contribution is 2.55. The van der Waals surface area contributed by atoms with Crippen molar-refractivity contribution in [2.24, 2.45) is 17.8 Å². The van der Waals surface area contributed by atoms with Crippen molar-refractivity contribution in [2.75, 3.05) is 6.54 Å². The number of carbonyl (C=O) groups is 3. The lowest BCUT2D eigenvalue weighted by Gasteiger charge is -2.56. The number of imide groups is 1. The number of hydrogen-bond donors (Lipinski definition) is 2. The average Bonchev–Trinajstić information content (AvgIpc) is 2.90. The highest BCUT2D eigenvalue weighted by molar-refractivity contribution is 6.09. The van der Waals surface area contributed by atoms with Gasteiger partial charge in [-0.3, -0.25) is 14.5 Å². The van der Waals surface area contributed by atoms with Crippen LogP contribution < -0.4 is 10.6 Å². The van der Waals surface area contributed by atoms with Crippen LogP contribution in [0.5, 0.6) is 0 Å². The fourth-order valence-corrected chi connectivity index (χ4v) is 7.08. The van der Waals surface area contributed by atoms with Gasteiger partial charge in [-0.15, -0.1) is 0 Å². The van der Waals surface area contributed by atoms with Crippen LogP contribution in [-0.2, 0) is 20.5 Å². The predicted molar refractivity (Wildman–Crippen MR) is 122 cm³/mol. The number of benzene rings is 1. The van der Waals surface area contributed by atoms with Crippen molar-refractivity contribution in [3.8, 4) is 0 Å². The summed E-state index contributed by atoms with van der Waals surface area (Å²) in [5.74, 6) is 1.57. The molecule has 2 N–H and O–H groups in total. The van der Waals surface area contributed by atoms with Crippen molar-refractivity contribution in [1.29, 1.82) is 0 Å². The van der Waals surface area contributed by atoms with E-state index in [0.717, 1.165) is 53.0 Å². The summed E-state index contributed by atoms with van der Waals surface area (Å²) in [4.78, 5) is 40.1. The summed E-state index contributed by atoms with van der Waals surface area (Å²) >= 11 is 0. The van der Waals surface area contributed by atoms with Crippen LogP contribution in [0.15, 0.2) is 24.3 Å². The molecule has 1 heterocycles. The molecule has 172 valence electrons. The molecule has 6 heteroatoms. The summed E-state index contributed by atoms with van der Waals surface area (Å²) in [6.07, 6.45) is 7.03. The summed E-state index contributed by atoms with van der Waals surface area (Å²) in [6.45, 7) is 7.90. The molecule has 5 fully saturated rings. The van der Waals surface area contributed by atoms with Gasteiger partial charge in [-0.1, -0.05) is 45.0 Å². The number of amides is 4. The third kappa shape index (κ3) is 3.52. The minimum atomic E-state index is -1.16. The number of hydrogen-bond acceptors (Lipinski definition) is 3. The van der Waals surface area contributed by atoms with E-state index in [4.69, 9.17) is 0 Å². The molecule has 1 aliphatic heterocycles. The van der Waals surface area contributed by atoms with Gasteiger partial charge < -0.3 is 10.6 Å². The topological polar surface area (TPSA) is 78.5 Å². The first-order chi connectivity index (χ1) is 15.0. The molecule has 1 aromatic carbocycles. The molecule has 0 spiro atoms. The second-order valence-electron chi connectivity index (χ2n) is 12.0. The number of rotatable bonds is 4. The van der Waals surface area contributed by atoms with E-state index in [-0.39, 0.29) is 29.3 Å². The van der Waals surface area contributed by atoms with E-state index < -0.39 is 11.6 Å². The van der Waals surface area contributed by atoms with Crippen LogP contribution >= 0.6 is 0 Å². The Morgan fingerprint density at radius 2 is 1.56 bits per heavy atom. The molecule has 6 rings (SSSR count). The van der Waals surface area contributed by atoms with E-state index in [1.54, 1.807) is 6.92 Å². The smallest absolute Gasteiger partial charge is 0.325 e. The predicted octanol–water partition coefficient (Wildman–Crippen LogP) is 3.84. The van der Waals surface area contributed by atoms with Crippen LogP contribution in [0.3, 0.4) is 0 Å². The molecular weight excluding hydrogens is 402 g/mol. The normalized spacial score (nSPS) is 35.9. The van der Waals surface area contributed by atoms with Crippen molar-refractivity contribution in [2.45, 2.75) is 82.7 Å². The van der Waals surface area contributed by atoms with Gasteiger partial charge in [0.1, 0.15) is 12.1 Å². The Morgan fingerprint density at radius 1 is 1.03 bits per heavy atom. The highest BCUT2D eigenvalue weighted by Gasteiger charge is 2.53. The Bertz CT molecular complexity index is 926. The maximum Gasteiger partial charge on any atom is 0.325 e. The van der Waals surface area contributed by atoms with Gasteiger partial charge in [-0.25, -0.2) is 4.79 Å². The molecular formula is C26H35N3O3. The summed E-state index contributed by atoms with van der Waals surface area (Å²) in [5, 5.41) is 6.10. The molecule has 4 amide bonds. The molecule has 5 aliphatic rings. The van der Waals surface area contributed by atoms with Crippen molar-refractivity contribution in [3.63, 3.8) is 0 Å². The van der Waals surface area contributed by atoms with E-state index >= 15 is 0 Å². The fraction of sp³-hybridized carbons (Fsp3) is 0.654. The SMILES string of the molecule is CC(C)(C)c1ccc([C@]2(C)NC(=O)N(CC(=O)NC34CC5CC(CC(C5)C3)C4)C2=O)cc1. The molecule has 4 saturated carbocycles. The zero-order valence-corrected chi connectivity index (χ0v) is 19.7. The zero-order chi connectivity index (χ0) is 22.9. The lowest BCUT2D eigenvalue weighted by molar-refractivity contribution is -0.136. The van der Waals surface area contributed by atoms with Gasteiger partial charge >= 0.3 is 6.03 Å². The minimum Gasteiger partial charge on any atom is -0.349 e. The zero-order valence-electron chi connectivity index (χ0n) is 19.7. The minimum absolute atomic E-state index is 0.00372. The van der Waals surface area contributed by atoms with Crippen LogP contribution in [0, 0.1) is 17.8 Å². The molecule has 4 aliphatic carbocycles. The van der Waals surface area contributed by atoms with Crippen LogP contribution in [0.1, 0.15) is 77.3 Å². The molecule has 0 radical (unpaired) electrons. The summed E-state index contributed by atoms with van der Waals surface area (Å²) in [5.41, 5.74) is 0.608. The van der Waals surface area contributed by atoms with Crippen molar-refractivity contribution >= 4 is 17.8 Å². The van der Waals surface area contributed by atoms with E-state index in [0.29, 0.717) is 0 Å². The Hall–Kier alpha value is -2.37. The molecule has 1 saturated heterocycles. The largest absolute Gasteiger partial charge is 0.349 e. The van der Waals surface area contributed by atoms with Crippen LogP contribution in [0.25, 0.3) is 0 Å². The van der Waals surface area contributed by atoms with Gasteiger partial charge in [0.05, 0.1) is 0 Å². The first-order valence-corrected chi connectivity index (χ1v) is 12.0. The molecule has 1 atom stereocenters. The molecule has 4 bridgehead atoms. The van der Waals surface area contributed by atoms with Crippen LogP contribution in [0.2, 0.25) is 0 Å². The summed E-state index contributed by atoms with van der Waals surface area (Å²) in [6, 6.07) is 7.30. The van der Waals surface area contributed by atoms with Crippen LogP contribution in [0.4, 0.5) is 4.79 Å². The maximum absolute atomic E-state index is 13.3. The van der Waals surface area contributed by atoms with E-state index in [2.05, 4.69) is 31.4 Å². The molecule has 0 aromatic heterocycles. The van der Waals surface area contributed by atoms with Gasteiger partial charge in [-0.05, 0) is 79.7 Å². The second-order valence-corrected chi connectivity index (χ2v) is 12.0. The van der Waals surface area contributed by atoms with E-state index in [9.17, 15) is 14.4 Å². The summed E-state index contributed by atoms with van der Waals surface area (Å²) in [7, 11) is 0. The molecule has 6 nitrogen and oxygen atoms in total. The quantitative estimate of drug-likeness (QED) is 0.703. The molecule has 0 unspecified atom stereocenters. The Morgan fingerprint density at radius 3 is 2.06 bits per heavy atom. The lowest BCUT2D eigenvalue weighted by Crippen LogP contribution is -2.61. The number of nitrogens with one attached hydrogen (secondary N) is 2. The number of urea groups is 1. The Labute approximate surface area is 190 Å².